The molecule has 0 N–H and O–H groups in total. The van der Waals surface area contributed by atoms with E-state index in [0.717, 1.165) is 11.1 Å². The largest absolute Gasteiger partial charge is 0.431 e. The van der Waals surface area contributed by atoms with E-state index >= 15 is 0 Å². The van der Waals surface area contributed by atoms with Gasteiger partial charge in [0.2, 0.25) is 0 Å². The summed E-state index contributed by atoms with van der Waals surface area (Å²) in [6, 6.07) is 19.3. The van der Waals surface area contributed by atoms with Crippen LogP contribution in [0.1, 0.15) is 11.1 Å². The van der Waals surface area contributed by atoms with E-state index in [1.54, 1.807) is 12.2 Å². The fourth-order valence-corrected chi connectivity index (χ4v) is 1.51. The van der Waals surface area contributed by atoms with Crippen LogP contribution in [0.5, 0.6) is 0 Å². The lowest BCUT2D eigenvalue weighted by atomic mass is 10.2. The second-order valence-electron chi connectivity index (χ2n) is 3.89. The zero-order chi connectivity index (χ0) is 13.3. The van der Waals surface area contributed by atoms with Crippen molar-refractivity contribution in [1.82, 2.24) is 0 Å². The zero-order valence-electron chi connectivity index (χ0n) is 10.4. The third kappa shape index (κ3) is 4.64. The average Bonchev–Trinajstić information content (AvgIpc) is 2.47. The number of rotatable bonds is 4. The first-order valence-corrected chi connectivity index (χ1v) is 6.00. The van der Waals surface area contributed by atoms with Crippen molar-refractivity contribution in [3.05, 3.63) is 84.1 Å². The molecule has 0 amide bonds. The van der Waals surface area contributed by atoms with Crippen molar-refractivity contribution in [1.29, 1.82) is 0 Å². The van der Waals surface area contributed by atoms with Gasteiger partial charge in [-0.3, -0.25) is 0 Å². The van der Waals surface area contributed by atoms with Crippen molar-refractivity contribution in [3.63, 3.8) is 0 Å². The Morgan fingerprint density at radius 3 is 1.89 bits per heavy atom. The van der Waals surface area contributed by atoms with E-state index in [2.05, 4.69) is 0 Å². The maximum atomic E-state index is 11.4. The van der Waals surface area contributed by atoms with Crippen LogP contribution in [-0.4, -0.2) is 5.97 Å². The van der Waals surface area contributed by atoms with Gasteiger partial charge in [-0.2, -0.15) is 0 Å². The molecule has 0 radical (unpaired) electrons. The molecule has 0 aliphatic rings. The number of hydrogen-bond acceptors (Lipinski definition) is 2. The van der Waals surface area contributed by atoms with Crippen LogP contribution in [0, 0.1) is 0 Å². The van der Waals surface area contributed by atoms with Gasteiger partial charge in [-0.15, -0.1) is 0 Å². The van der Waals surface area contributed by atoms with Crippen LogP contribution in [0.3, 0.4) is 0 Å². The molecule has 0 bridgehead atoms. The Labute approximate surface area is 112 Å². The molecule has 0 aliphatic heterocycles. The van der Waals surface area contributed by atoms with E-state index in [4.69, 9.17) is 4.74 Å². The maximum absolute atomic E-state index is 11.4. The highest BCUT2D eigenvalue weighted by Gasteiger charge is 1.93. The summed E-state index contributed by atoms with van der Waals surface area (Å²) in [4.78, 5) is 11.4. The van der Waals surface area contributed by atoms with Gasteiger partial charge >= 0.3 is 5.97 Å². The minimum Gasteiger partial charge on any atom is -0.431 e. The molecule has 94 valence electrons. The Morgan fingerprint density at radius 1 is 0.789 bits per heavy atom. The Bertz CT molecular complexity index is 569. The molecule has 0 saturated carbocycles. The van der Waals surface area contributed by atoms with Gasteiger partial charge in [-0.25, -0.2) is 4.79 Å². The molecule has 0 saturated heterocycles. The van der Waals surface area contributed by atoms with Gasteiger partial charge in [-0.1, -0.05) is 60.7 Å². The van der Waals surface area contributed by atoms with Crippen LogP contribution in [0.25, 0.3) is 12.2 Å². The highest BCUT2D eigenvalue weighted by atomic mass is 16.5. The fourth-order valence-electron chi connectivity index (χ4n) is 1.51. The standard InChI is InChI=1S/C17H14O2/c18-17(12-11-15-7-3-1-4-8-15)19-14-13-16-9-5-2-6-10-16/h1-14H. The van der Waals surface area contributed by atoms with E-state index in [9.17, 15) is 4.79 Å². The van der Waals surface area contributed by atoms with Gasteiger partial charge in [-0.05, 0) is 23.3 Å². The smallest absolute Gasteiger partial charge is 0.335 e. The molecule has 0 unspecified atom stereocenters. The van der Waals surface area contributed by atoms with Gasteiger partial charge in [0, 0.05) is 6.08 Å². The Morgan fingerprint density at radius 2 is 1.32 bits per heavy atom. The van der Waals surface area contributed by atoms with E-state index in [0.29, 0.717) is 0 Å². The van der Waals surface area contributed by atoms with Gasteiger partial charge in [0.25, 0.3) is 0 Å². The van der Waals surface area contributed by atoms with Gasteiger partial charge < -0.3 is 4.74 Å². The van der Waals surface area contributed by atoms with Crippen LogP contribution in [0.2, 0.25) is 0 Å². The van der Waals surface area contributed by atoms with Crippen molar-refractivity contribution in [3.8, 4) is 0 Å². The number of esters is 1. The van der Waals surface area contributed by atoms with Gasteiger partial charge in [0.15, 0.2) is 0 Å². The van der Waals surface area contributed by atoms with Gasteiger partial charge in [0.1, 0.15) is 0 Å². The number of ether oxygens (including phenoxy) is 1. The molecule has 0 aromatic heterocycles. The van der Waals surface area contributed by atoms with Crippen molar-refractivity contribution in [2.24, 2.45) is 0 Å². The first kappa shape index (κ1) is 12.8. The molecule has 2 rings (SSSR count). The molecule has 2 nitrogen and oxygen atoms in total. The van der Waals surface area contributed by atoms with Crippen LogP contribution >= 0.6 is 0 Å². The Kier molecular flexibility index (Phi) is 4.71. The molecule has 2 heteroatoms. The highest BCUT2D eigenvalue weighted by molar-refractivity contribution is 5.87. The molecule has 2 aromatic rings. The number of carbonyl (C=O) groups excluding carboxylic acids is 1. The van der Waals surface area contributed by atoms with Crippen molar-refractivity contribution in [2.45, 2.75) is 0 Å². The topological polar surface area (TPSA) is 26.3 Å². The predicted molar refractivity (Wildman–Crippen MR) is 77.0 cm³/mol. The van der Waals surface area contributed by atoms with E-state index in [1.807, 2.05) is 60.7 Å². The maximum Gasteiger partial charge on any atom is 0.335 e. The lowest BCUT2D eigenvalue weighted by Gasteiger charge is -1.94. The van der Waals surface area contributed by atoms with Crippen molar-refractivity contribution >= 4 is 18.1 Å². The second-order valence-corrected chi connectivity index (χ2v) is 3.89. The van der Waals surface area contributed by atoms with Crippen molar-refractivity contribution < 1.29 is 9.53 Å². The minimum atomic E-state index is -0.393. The summed E-state index contributed by atoms with van der Waals surface area (Å²) in [5.74, 6) is -0.393. The predicted octanol–water partition coefficient (Wildman–Crippen LogP) is 3.91. The quantitative estimate of drug-likeness (QED) is 0.467. The highest BCUT2D eigenvalue weighted by Crippen LogP contribution is 2.03. The summed E-state index contributed by atoms with van der Waals surface area (Å²) in [7, 11) is 0. The first-order chi connectivity index (χ1) is 9.34. The first-order valence-electron chi connectivity index (χ1n) is 6.00. The summed E-state index contributed by atoms with van der Waals surface area (Å²) in [6.07, 6.45) is 6.27. The SMILES string of the molecule is O=C(C=Cc1ccccc1)OC=Cc1ccccc1. The van der Waals surface area contributed by atoms with E-state index in [1.165, 1.54) is 12.3 Å². The lowest BCUT2D eigenvalue weighted by molar-refractivity contribution is -0.132. The molecule has 0 heterocycles. The molecule has 0 atom stereocenters. The average molecular weight is 250 g/mol. The van der Waals surface area contributed by atoms with E-state index < -0.39 is 5.97 Å². The molecular weight excluding hydrogens is 236 g/mol. The van der Waals surface area contributed by atoms with Gasteiger partial charge in [0.05, 0.1) is 6.26 Å². The third-order valence-electron chi connectivity index (χ3n) is 2.46. The molecule has 2 aromatic carbocycles. The molecule has 0 fully saturated rings. The summed E-state index contributed by atoms with van der Waals surface area (Å²) in [5, 5.41) is 0. The summed E-state index contributed by atoms with van der Waals surface area (Å²) in [5.41, 5.74) is 1.95. The normalized spacial score (nSPS) is 10.9. The molecular formula is C17H14O2. The number of hydrogen-bond donors (Lipinski definition) is 0. The van der Waals surface area contributed by atoms with Crippen LogP contribution in [-0.2, 0) is 9.53 Å². The molecule has 0 aliphatic carbocycles. The fraction of sp³-hybridized carbons (Fsp3) is 0. The lowest BCUT2D eigenvalue weighted by Crippen LogP contribution is -1.92. The zero-order valence-corrected chi connectivity index (χ0v) is 10.4. The van der Waals surface area contributed by atoms with Crippen LogP contribution in [0.15, 0.2) is 73.0 Å². The number of carbonyl (C=O) groups is 1. The minimum absolute atomic E-state index is 0.393. The summed E-state index contributed by atoms with van der Waals surface area (Å²) < 4.78 is 4.96. The van der Waals surface area contributed by atoms with Crippen LogP contribution in [0.4, 0.5) is 0 Å². The monoisotopic (exact) mass is 250 g/mol. The summed E-state index contributed by atoms with van der Waals surface area (Å²) >= 11 is 0. The third-order valence-corrected chi connectivity index (χ3v) is 2.46. The Hall–Kier alpha value is -2.61. The van der Waals surface area contributed by atoms with Crippen molar-refractivity contribution in [2.75, 3.05) is 0 Å². The molecule has 19 heavy (non-hydrogen) atoms. The van der Waals surface area contributed by atoms with E-state index in [-0.39, 0.29) is 0 Å². The molecule has 0 spiro atoms. The number of benzene rings is 2. The van der Waals surface area contributed by atoms with Crippen LogP contribution < -0.4 is 0 Å². The summed E-state index contributed by atoms with van der Waals surface area (Å²) in [6.45, 7) is 0. The Balaban J connectivity index is 1.85. The second kappa shape index (κ2) is 6.97.